The van der Waals surface area contributed by atoms with Crippen molar-refractivity contribution in [1.29, 1.82) is 0 Å². The number of nitrogens with one attached hydrogen (secondary N) is 1. The van der Waals surface area contributed by atoms with Gasteiger partial charge in [0.25, 0.3) is 0 Å². The lowest BCUT2D eigenvalue weighted by molar-refractivity contribution is 0.414. The van der Waals surface area contributed by atoms with Crippen molar-refractivity contribution in [1.82, 2.24) is 14.9 Å². The zero-order chi connectivity index (χ0) is 15.1. The Morgan fingerprint density at radius 1 is 1.19 bits per heavy atom. The first kappa shape index (κ1) is 15.6. The van der Waals surface area contributed by atoms with E-state index in [2.05, 4.69) is 27.0 Å². The number of nitrogens with zero attached hydrogens (tertiary/aromatic N) is 2. The highest BCUT2D eigenvalue weighted by atomic mass is 16.5. The number of hydrogen-bond donors (Lipinski definition) is 1. The van der Waals surface area contributed by atoms with Crippen LogP contribution in [0.15, 0.2) is 36.7 Å². The van der Waals surface area contributed by atoms with Crippen molar-refractivity contribution in [3.8, 4) is 5.75 Å². The molecule has 0 spiro atoms. The average Bonchev–Trinajstić information content (AvgIpc) is 2.93. The van der Waals surface area contributed by atoms with Gasteiger partial charge in [-0.1, -0.05) is 12.1 Å². The van der Waals surface area contributed by atoms with Crippen molar-refractivity contribution >= 4 is 0 Å². The molecule has 114 valence electrons. The SMILES string of the molecule is CNC(CCc1ccc(OC)cc1)CCc1nccn1C. The molecule has 2 aromatic rings. The second kappa shape index (κ2) is 7.84. The van der Waals surface area contributed by atoms with Gasteiger partial charge in [0, 0.05) is 31.9 Å². The number of methoxy groups -OCH3 is 1. The molecule has 1 N–H and O–H groups in total. The number of ether oxygens (including phenoxy) is 1. The number of imidazole rings is 1. The monoisotopic (exact) mass is 287 g/mol. The minimum Gasteiger partial charge on any atom is -0.497 e. The minimum atomic E-state index is 0.517. The molecular formula is C17H25N3O. The van der Waals surface area contributed by atoms with Crippen LogP contribution in [0.1, 0.15) is 24.2 Å². The Morgan fingerprint density at radius 3 is 2.48 bits per heavy atom. The maximum atomic E-state index is 5.19. The molecule has 1 atom stereocenters. The van der Waals surface area contributed by atoms with Gasteiger partial charge in [-0.25, -0.2) is 4.98 Å². The summed E-state index contributed by atoms with van der Waals surface area (Å²) in [5, 5.41) is 3.42. The molecule has 0 aliphatic rings. The molecule has 0 fully saturated rings. The van der Waals surface area contributed by atoms with Gasteiger partial charge in [0.1, 0.15) is 11.6 Å². The van der Waals surface area contributed by atoms with Gasteiger partial charge in [-0.3, -0.25) is 0 Å². The molecule has 21 heavy (non-hydrogen) atoms. The lowest BCUT2D eigenvalue weighted by atomic mass is 10.0. The van der Waals surface area contributed by atoms with Crippen LogP contribution in [-0.4, -0.2) is 29.8 Å². The maximum Gasteiger partial charge on any atom is 0.118 e. The summed E-state index contributed by atoms with van der Waals surface area (Å²) in [6.07, 6.45) is 8.20. The van der Waals surface area contributed by atoms with E-state index < -0.39 is 0 Å². The fraction of sp³-hybridized carbons (Fsp3) is 0.471. The highest BCUT2D eigenvalue weighted by molar-refractivity contribution is 5.27. The van der Waals surface area contributed by atoms with E-state index in [1.807, 2.05) is 38.6 Å². The summed E-state index contributed by atoms with van der Waals surface area (Å²) in [7, 11) is 5.79. The number of aryl methyl sites for hydroxylation is 3. The van der Waals surface area contributed by atoms with Crippen LogP contribution >= 0.6 is 0 Å². The molecule has 1 aromatic heterocycles. The molecule has 0 aliphatic carbocycles. The molecule has 0 radical (unpaired) electrons. The van der Waals surface area contributed by atoms with E-state index in [0.717, 1.165) is 37.3 Å². The fourth-order valence-corrected chi connectivity index (χ4v) is 2.51. The van der Waals surface area contributed by atoms with Gasteiger partial charge in [0.15, 0.2) is 0 Å². The third kappa shape index (κ3) is 4.60. The molecule has 0 saturated carbocycles. The second-order valence-corrected chi connectivity index (χ2v) is 5.37. The Bertz CT molecular complexity index is 533. The normalized spacial score (nSPS) is 12.3. The number of hydrogen-bond acceptors (Lipinski definition) is 3. The van der Waals surface area contributed by atoms with Crippen LogP contribution in [0.5, 0.6) is 5.75 Å². The van der Waals surface area contributed by atoms with Crippen molar-refractivity contribution < 1.29 is 4.74 Å². The summed E-state index contributed by atoms with van der Waals surface area (Å²) in [6.45, 7) is 0. The van der Waals surface area contributed by atoms with E-state index in [1.165, 1.54) is 5.56 Å². The van der Waals surface area contributed by atoms with Gasteiger partial charge < -0.3 is 14.6 Å². The lowest BCUT2D eigenvalue weighted by Gasteiger charge is -2.16. The van der Waals surface area contributed by atoms with E-state index in [-0.39, 0.29) is 0 Å². The maximum absolute atomic E-state index is 5.19. The Morgan fingerprint density at radius 2 is 1.90 bits per heavy atom. The third-order valence-corrected chi connectivity index (χ3v) is 3.99. The average molecular weight is 287 g/mol. The summed E-state index contributed by atoms with van der Waals surface area (Å²) in [5.41, 5.74) is 1.35. The third-order valence-electron chi connectivity index (χ3n) is 3.99. The van der Waals surface area contributed by atoms with Crippen molar-refractivity contribution in [2.75, 3.05) is 14.2 Å². The standard InChI is InChI=1S/C17H25N3O/c1-18-15(8-11-17-19-12-13-20(17)2)7-4-14-5-9-16(21-3)10-6-14/h5-6,9-10,12-13,15,18H,4,7-8,11H2,1-3H3. The van der Waals surface area contributed by atoms with Crippen LogP contribution in [0.25, 0.3) is 0 Å². The van der Waals surface area contributed by atoms with Crippen molar-refractivity contribution in [3.63, 3.8) is 0 Å². The van der Waals surface area contributed by atoms with Crippen LogP contribution in [0.4, 0.5) is 0 Å². The number of aromatic nitrogens is 2. The predicted molar refractivity (Wildman–Crippen MR) is 85.7 cm³/mol. The molecule has 0 bridgehead atoms. The van der Waals surface area contributed by atoms with Crippen molar-refractivity contribution in [2.45, 2.75) is 31.7 Å². The molecule has 0 amide bonds. The van der Waals surface area contributed by atoms with Gasteiger partial charge in [0.05, 0.1) is 7.11 Å². The Labute approximate surface area is 127 Å². The summed E-state index contributed by atoms with van der Waals surface area (Å²) in [6, 6.07) is 8.85. The first-order chi connectivity index (χ1) is 10.2. The molecule has 1 aromatic carbocycles. The molecule has 4 nitrogen and oxygen atoms in total. The Hall–Kier alpha value is -1.81. The van der Waals surface area contributed by atoms with E-state index in [0.29, 0.717) is 6.04 Å². The second-order valence-electron chi connectivity index (χ2n) is 5.37. The molecule has 1 heterocycles. The van der Waals surface area contributed by atoms with Crippen LogP contribution in [0.2, 0.25) is 0 Å². The molecule has 0 aliphatic heterocycles. The summed E-state index contributed by atoms with van der Waals surface area (Å²) in [4.78, 5) is 4.38. The zero-order valence-electron chi connectivity index (χ0n) is 13.2. The van der Waals surface area contributed by atoms with Gasteiger partial charge in [0.2, 0.25) is 0 Å². The molecule has 0 saturated heterocycles. The van der Waals surface area contributed by atoms with Gasteiger partial charge in [-0.2, -0.15) is 0 Å². The highest BCUT2D eigenvalue weighted by Gasteiger charge is 2.09. The summed E-state index contributed by atoms with van der Waals surface area (Å²) >= 11 is 0. The number of rotatable bonds is 8. The number of benzene rings is 1. The quantitative estimate of drug-likeness (QED) is 0.811. The summed E-state index contributed by atoms with van der Waals surface area (Å²) in [5.74, 6) is 2.07. The van der Waals surface area contributed by atoms with Gasteiger partial charge in [-0.15, -0.1) is 0 Å². The first-order valence-corrected chi connectivity index (χ1v) is 7.49. The molecule has 1 unspecified atom stereocenters. The van der Waals surface area contributed by atoms with Gasteiger partial charge >= 0.3 is 0 Å². The largest absolute Gasteiger partial charge is 0.497 e. The molecule has 4 heteroatoms. The first-order valence-electron chi connectivity index (χ1n) is 7.49. The Kier molecular flexibility index (Phi) is 5.81. The van der Waals surface area contributed by atoms with E-state index in [4.69, 9.17) is 4.74 Å². The van der Waals surface area contributed by atoms with E-state index >= 15 is 0 Å². The van der Waals surface area contributed by atoms with Gasteiger partial charge in [-0.05, 0) is 44.0 Å². The van der Waals surface area contributed by atoms with Crippen LogP contribution in [0, 0.1) is 0 Å². The van der Waals surface area contributed by atoms with Crippen molar-refractivity contribution in [3.05, 3.63) is 48.0 Å². The Balaban J connectivity index is 1.80. The van der Waals surface area contributed by atoms with E-state index in [9.17, 15) is 0 Å². The van der Waals surface area contributed by atoms with Crippen LogP contribution < -0.4 is 10.1 Å². The smallest absolute Gasteiger partial charge is 0.118 e. The minimum absolute atomic E-state index is 0.517. The summed E-state index contributed by atoms with van der Waals surface area (Å²) < 4.78 is 7.28. The topological polar surface area (TPSA) is 39.1 Å². The van der Waals surface area contributed by atoms with Crippen LogP contribution in [0.3, 0.4) is 0 Å². The van der Waals surface area contributed by atoms with Crippen LogP contribution in [-0.2, 0) is 19.9 Å². The molecular weight excluding hydrogens is 262 g/mol. The van der Waals surface area contributed by atoms with Crippen molar-refractivity contribution in [2.24, 2.45) is 7.05 Å². The lowest BCUT2D eigenvalue weighted by Crippen LogP contribution is -2.26. The van der Waals surface area contributed by atoms with E-state index in [1.54, 1.807) is 7.11 Å². The molecule has 2 rings (SSSR count). The zero-order valence-corrected chi connectivity index (χ0v) is 13.2. The highest BCUT2D eigenvalue weighted by Crippen LogP contribution is 2.14. The fourth-order valence-electron chi connectivity index (χ4n) is 2.51. The predicted octanol–water partition coefficient (Wildman–Crippen LogP) is 2.58.